The van der Waals surface area contributed by atoms with Crippen LogP contribution in [0.1, 0.15) is 27.0 Å². The van der Waals surface area contributed by atoms with E-state index < -0.39 is 4.92 Å². The summed E-state index contributed by atoms with van der Waals surface area (Å²) in [4.78, 5) is 30.7. The molecule has 1 amide bonds. The number of anilines is 1. The number of rotatable bonds is 7. The molecule has 2 atom stereocenters. The van der Waals surface area contributed by atoms with Gasteiger partial charge >= 0.3 is 0 Å². The van der Waals surface area contributed by atoms with Crippen LogP contribution in [0, 0.1) is 10.1 Å². The van der Waals surface area contributed by atoms with Gasteiger partial charge in [-0.2, -0.15) is 0 Å². The smallest absolute Gasteiger partial charge is 0.270 e. The molecule has 3 aromatic carbocycles. The molecule has 1 unspecified atom stereocenters. The zero-order valence-corrected chi connectivity index (χ0v) is 20.0. The van der Waals surface area contributed by atoms with Gasteiger partial charge in [0, 0.05) is 46.0 Å². The molecule has 0 aliphatic carbocycles. The van der Waals surface area contributed by atoms with Crippen LogP contribution in [0.15, 0.2) is 59.6 Å². The molecule has 0 saturated heterocycles. The number of amides is 1. The molecule has 10 heteroatoms. The number of para-hydroxylation sites is 1. The lowest BCUT2D eigenvalue weighted by Crippen LogP contribution is -2.37. The average Bonchev–Trinajstić information content (AvgIpc) is 3.18. The summed E-state index contributed by atoms with van der Waals surface area (Å²) in [6.45, 7) is 0.263. The summed E-state index contributed by atoms with van der Waals surface area (Å²) in [7, 11) is 3.62. The Balaban J connectivity index is 1.45. The van der Waals surface area contributed by atoms with Gasteiger partial charge in [-0.1, -0.05) is 18.2 Å². The number of fused-ring (bicyclic) bond motifs is 4. The minimum atomic E-state index is -0.455. The highest BCUT2D eigenvalue weighted by molar-refractivity contribution is 7.09. The predicted molar refractivity (Wildman–Crippen MR) is 134 cm³/mol. The van der Waals surface area contributed by atoms with E-state index in [2.05, 4.69) is 14.5 Å². The van der Waals surface area contributed by atoms with Crippen molar-refractivity contribution in [3.05, 3.63) is 87.0 Å². The molecule has 9 nitrogen and oxygen atoms in total. The second-order valence-corrected chi connectivity index (χ2v) is 8.57. The summed E-state index contributed by atoms with van der Waals surface area (Å²) in [5.41, 5.74) is 4.10. The topological polar surface area (TPSA) is 104 Å². The number of benzene rings is 3. The predicted octanol–water partition coefficient (Wildman–Crippen LogP) is 4.78. The quantitative estimate of drug-likeness (QED) is 0.268. The standard InChI is InChI=1S/C25H22N3O6P/c1-32-23-10-20-21(26-12-19-9-17-4-2-3-5-22(17)27(19)25(20)29)11-24(23)33-13-15-6-16(14-34-35)8-18(7-15)28(30)31/h2-8,10-12,19H,9,13-14,35H2,1H3/t19-/m0/s1. The number of hydrogen-bond acceptors (Lipinski definition) is 7. The summed E-state index contributed by atoms with van der Waals surface area (Å²) < 4.78 is 16.5. The lowest BCUT2D eigenvalue weighted by molar-refractivity contribution is -0.385. The molecular formula is C25H22N3O6P. The second kappa shape index (κ2) is 9.44. The number of nitro groups is 1. The Morgan fingerprint density at radius 1 is 1.11 bits per heavy atom. The fourth-order valence-electron chi connectivity index (χ4n) is 4.46. The van der Waals surface area contributed by atoms with E-state index in [0.717, 1.165) is 11.3 Å². The van der Waals surface area contributed by atoms with Crippen molar-refractivity contribution in [1.82, 2.24) is 0 Å². The van der Waals surface area contributed by atoms with Crippen molar-refractivity contribution < 1.29 is 23.7 Å². The minimum absolute atomic E-state index is 0.0480. The Morgan fingerprint density at radius 2 is 1.89 bits per heavy atom. The van der Waals surface area contributed by atoms with Gasteiger partial charge in [-0.3, -0.25) is 24.8 Å². The second-order valence-electron chi connectivity index (χ2n) is 8.24. The number of aliphatic imine (C=N–C) groups is 1. The Bertz CT molecular complexity index is 1360. The van der Waals surface area contributed by atoms with Gasteiger partial charge in [0.2, 0.25) is 0 Å². The van der Waals surface area contributed by atoms with E-state index in [1.54, 1.807) is 29.3 Å². The van der Waals surface area contributed by atoms with Crippen LogP contribution in [-0.2, 0) is 24.2 Å². The van der Waals surface area contributed by atoms with Crippen molar-refractivity contribution in [2.45, 2.75) is 25.7 Å². The van der Waals surface area contributed by atoms with E-state index >= 15 is 0 Å². The fraction of sp³-hybridized carbons (Fsp3) is 0.200. The maximum Gasteiger partial charge on any atom is 0.270 e. The van der Waals surface area contributed by atoms with Crippen molar-refractivity contribution in [3.8, 4) is 11.5 Å². The third-order valence-corrected chi connectivity index (χ3v) is 6.19. The Morgan fingerprint density at radius 3 is 2.63 bits per heavy atom. The Kier molecular flexibility index (Phi) is 6.19. The molecule has 178 valence electrons. The number of carbonyl (C=O) groups is 1. The van der Waals surface area contributed by atoms with Gasteiger partial charge in [0.15, 0.2) is 11.5 Å². The van der Waals surface area contributed by atoms with Crippen molar-refractivity contribution in [2.24, 2.45) is 4.99 Å². The summed E-state index contributed by atoms with van der Waals surface area (Å²) >= 11 is 0. The lowest BCUT2D eigenvalue weighted by atomic mass is 10.1. The van der Waals surface area contributed by atoms with E-state index in [1.807, 2.05) is 24.3 Å². The van der Waals surface area contributed by atoms with Gasteiger partial charge in [0.05, 0.1) is 35.9 Å². The van der Waals surface area contributed by atoms with Crippen LogP contribution in [0.2, 0.25) is 0 Å². The van der Waals surface area contributed by atoms with Crippen LogP contribution in [0.3, 0.4) is 0 Å². The van der Waals surface area contributed by atoms with Crippen molar-refractivity contribution in [1.29, 1.82) is 0 Å². The van der Waals surface area contributed by atoms with Crippen LogP contribution in [0.4, 0.5) is 17.1 Å². The van der Waals surface area contributed by atoms with Crippen molar-refractivity contribution >= 4 is 38.7 Å². The summed E-state index contributed by atoms with van der Waals surface area (Å²) in [6, 6.07) is 15.7. The third-order valence-electron chi connectivity index (χ3n) is 6.02. The highest BCUT2D eigenvalue weighted by atomic mass is 31.0. The lowest BCUT2D eigenvalue weighted by Gasteiger charge is -2.22. The molecule has 0 radical (unpaired) electrons. The zero-order valence-electron chi connectivity index (χ0n) is 18.8. The minimum Gasteiger partial charge on any atom is -0.493 e. The first-order chi connectivity index (χ1) is 17.0. The maximum absolute atomic E-state index is 13.5. The number of nitrogens with zero attached hydrogens (tertiary/aromatic N) is 3. The van der Waals surface area contributed by atoms with Gasteiger partial charge in [-0.15, -0.1) is 0 Å². The van der Waals surface area contributed by atoms with Gasteiger partial charge in [0.1, 0.15) is 6.61 Å². The molecule has 5 rings (SSSR count). The fourth-order valence-corrected chi connectivity index (χ4v) is 4.65. The molecule has 2 aliphatic heterocycles. The molecule has 0 spiro atoms. The molecule has 2 heterocycles. The molecule has 2 aliphatic rings. The van der Waals surface area contributed by atoms with Crippen molar-refractivity contribution in [3.63, 3.8) is 0 Å². The summed E-state index contributed by atoms with van der Waals surface area (Å²) in [6.07, 6.45) is 2.49. The van der Waals surface area contributed by atoms with Crippen LogP contribution < -0.4 is 14.4 Å². The Labute approximate surface area is 203 Å². The first kappa shape index (κ1) is 23.0. The highest BCUT2D eigenvalue weighted by Gasteiger charge is 2.36. The highest BCUT2D eigenvalue weighted by Crippen LogP contribution is 2.41. The van der Waals surface area contributed by atoms with Crippen molar-refractivity contribution in [2.75, 3.05) is 12.0 Å². The van der Waals surface area contributed by atoms with E-state index in [1.165, 1.54) is 19.2 Å². The van der Waals surface area contributed by atoms with Crippen LogP contribution in [0.5, 0.6) is 11.5 Å². The van der Waals surface area contributed by atoms with Crippen LogP contribution in [0.25, 0.3) is 0 Å². The van der Waals surface area contributed by atoms with E-state index in [0.29, 0.717) is 40.3 Å². The average molecular weight is 491 g/mol. The van der Waals surface area contributed by atoms with Gasteiger partial charge in [0.25, 0.3) is 11.6 Å². The molecule has 0 saturated carbocycles. The first-order valence-electron chi connectivity index (χ1n) is 10.9. The normalized spacial score (nSPS) is 15.8. The largest absolute Gasteiger partial charge is 0.493 e. The number of nitro benzene ring substituents is 1. The number of ether oxygens (including phenoxy) is 2. The molecule has 0 N–H and O–H groups in total. The first-order valence-corrected chi connectivity index (χ1v) is 11.3. The molecule has 3 aromatic rings. The van der Waals surface area contributed by atoms with E-state index in [-0.39, 0.29) is 30.9 Å². The van der Waals surface area contributed by atoms with Crippen LogP contribution in [-0.4, -0.2) is 30.2 Å². The summed E-state index contributed by atoms with van der Waals surface area (Å²) in [5, 5.41) is 11.3. The van der Waals surface area contributed by atoms with E-state index in [9.17, 15) is 14.9 Å². The zero-order chi connectivity index (χ0) is 24.5. The maximum atomic E-state index is 13.5. The van der Waals surface area contributed by atoms with Gasteiger partial charge in [-0.25, -0.2) is 0 Å². The number of hydrogen-bond donors (Lipinski definition) is 0. The molecule has 0 bridgehead atoms. The number of non-ortho nitro benzene ring substituents is 1. The van der Waals surface area contributed by atoms with Gasteiger partial charge < -0.3 is 14.0 Å². The Hall–Kier alpha value is -3.81. The summed E-state index contributed by atoms with van der Waals surface area (Å²) in [5.74, 6) is 0.601. The number of methoxy groups -OCH3 is 1. The molecule has 0 aromatic heterocycles. The molecule has 0 fully saturated rings. The van der Waals surface area contributed by atoms with E-state index in [4.69, 9.17) is 14.0 Å². The third kappa shape index (κ3) is 4.36. The SMILES string of the molecule is COc1cc2c(cc1OCc1cc(COP)cc([N+](=O)[O-])c1)N=C[C@@H]1Cc3ccccc3N1C2=O. The van der Waals surface area contributed by atoms with Crippen LogP contribution >= 0.6 is 9.47 Å². The molecule has 35 heavy (non-hydrogen) atoms. The molecular weight excluding hydrogens is 469 g/mol. The van der Waals surface area contributed by atoms with Gasteiger partial charge in [-0.05, 0) is 34.9 Å². The monoisotopic (exact) mass is 491 g/mol. The number of carbonyl (C=O) groups excluding carboxylic acids is 1.